The van der Waals surface area contributed by atoms with E-state index in [9.17, 15) is 8.78 Å². The third kappa shape index (κ3) is 6.56. The first-order valence-electron chi connectivity index (χ1n) is 14.7. The van der Waals surface area contributed by atoms with Gasteiger partial charge in [0, 0.05) is 76.8 Å². The van der Waals surface area contributed by atoms with E-state index in [1.165, 1.54) is 35.0 Å². The number of benzene rings is 4. The monoisotopic (exact) mass is 600 g/mol. The fourth-order valence-electron chi connectivity index (χ4n) is 6.12. The molecule has 0 atom stereocenters. The highest BCUT2D eigenvalue weighted by Gasteiger charge is 2.23. The van der Waals surface area contributed by atoms with Crippen molar-refractivity contribution < 1.29 is 8.78 Å². The van der Waals surface area contributed by atoms with Crippen molar-refractivity contribution in [3.63, 3.8) is 0 Å². The molecule has 2 saturated heterocycles. The third-order valence-electron chi connectivity index (χ3n) is 8.56. The molecular formula is C34H35ClF2N6. The second-order valence-corrected chi connectivity index (χ2v) is 11.3. The molecule has 0 amide bonds. The Bertz CT molecular complexity index is 1560. The Hall–Kier alpha value is -3.85. The van der Waals surface area contributed by atoms with Crippen LogP contribution < -0.4 is 9.80 Å². The third-order valence-corrected chi connectivity index (χ3v) is 8.56. The van der Waals surface area contributed by atoms with Gasteiger partial charge < -0.3 is 9.80 Å². The summed E-state index contributed by atoms with van der Waals surface area (Å²) in [6, 6.07) is 26.2. The topological polar surface area (TPSA) is 38.7 Å². The van der Waals surface area contributed by atoms with Crippen molar-refractivity contribution in [3.05, 3.63) is 108 Å². The van der Waals surface area contributed by atoms with E-state index < -0.39 is 0 Å². The van der Waals surface area contributed by atoms with Crippen molar-refractivity contribution in [1.82, 2.24) is 19.8 Å². The van der Waals surface area contributed by atoms with E-state index in [4.69, 9.17) is 9.97 Å². The number of halogens is 3. The Morgan fingerprint density at radius 1 is 0.512 bits per heavy atom. The summed E-state index contributed by atoms with van der Waals surface area (Å²) in [7, 11) is 0. The van der Waals surface area contributed by atoms with Gasteiger partial charge in [-0.1, -0.05) is 24.3 Å². The summed E-state index contributed by atoms with van der Waals surface area (Å²) >= 11 is 0. The number of anilines is 2. The van der Waals surface area contributed by atoms with E-state index in [-0.39, 0.29) is 24.0 Å². The minimum absolute atomic E-state index is 0. The van der Waals surface area contributed by atoms with Gasteiger partial charge >= 0.3 is 0 Å². The van der Waals surface area contributed by atoms with Crippen molar-refractivity contribution >= 4 is 45.6 Å². The number of hydrogen-bond donors (Lipinski definition) is 0. The molecule has 4 aromatic carbocycles. The average Bonchev–Trinajstić information content (AvgIpc) is 3.02. The second-order valence-electron chi connectivity index (χ2n) is 11.3. The van der Waals surface area contributed by atoms with Crippen LogP contribution in [0.5, 0.6) is 0 Å². The molecule has 222 valence electrons. The number of fused-ring (bicyclic) bond motifs is 2. The average molecular weight is 601 g/mol. The van der Waals surface area contributed by atoms with Gasteiger partial charge in [-0.05, 0) is 71.4 Å². The summed E-state index contributed by atoms with van der Waals surface area (Å²) < 4.78 is 26.8. The van der Waals surface area contributed by atoms with Gasteiger partial charge in [0.2, 0.25) is 0 Å². The lowest BCUT2D eigenvalue weighted by Gasteiger charge is -2.37. The van der Waals surface area contributed by atoms with E-state index in [1.807, 2.05) is 24.3 Å². The smallest absolute Gasteiger partial charge is 0.123 e. The highest BCUT2D eigenvalue weighted by atomic mass is 35.5. The molecule has 2 fully saturated rings. The summed E-state index contributed by atoms with van der Waals surface area (Å²) in [6.45, 7) is 8.67. The molecule has 1 aromatic heterocycles. The van der Waals surface area contributed by atoms with Gasteiger partial charge in [-0.25, -0.2) is 18.7 Å². The van der Waals surface area contributed by atoms with Gasteiger partial charge in [0.15, 0.2) is 0 Å². The molecule has 0 aliphatic carbocycles. The number of aromatic nitrogens is 2. The van der Waals surface area contributed by atoms with Crippen LogP contribution >= 0.6 is 12.4 Å². The molecule has 0 N–H and O–H groups in total. The molecule has 6 nitrogen and oxygen atoms in total. The van der Waals surface area contributed by atoms with Crippen molar-refractivity contribution in [2.45, 2.75) is 13.1 Å². The molecule has 0 bridgehead atoms. The molecule has 0 unspecified atom stereocenters. The van der Waals surface area contributed by atoms with Gasteiger partial charge in [0.05, 0.1) is 22.4 Å². The van der Waals surface area contributed by atoms with Gasteiger partial charge in [-0.3, -0.25) is 9.80 Å². The van der Waals surface area contributed by atoms with Crippen LogP contribution in [0.2, 0.25) is 0 Å². The maximum absolute atomic E-state index is 13.4. The Labute approximate surface area is 257 Å². The summed E-state index contributed by atoms with van der Waals surface area (Å²) in [6.07, 6.45) is 0. The van der Waals surface area contributed by atoms with Gasteiger partial charge in [-0.2, -0.15) is 0 Å². The fraction of sp³-hybridized carbons (Fsp3) is 0.294. The first-order chi connectivity index (χ1) is 20.6. The lowest BCUT2D eigenvalue weighted by atomic mass is 10.1. The van der Waals surface area contributed by atoms with E-state index >= 15 is 0 Å². The standard InChI is InChI=1S/C34H34F2N6.ClH/c35-27-5-9-29(10-6-27)41-17-13-39(14-18-41)23-33-34(38-32-22-26-4-2-1-3-25(26)21-31(32)37-33)24-40-15-19-42(20-16-40)30-11-7-28(36)8-12-30;/h1-12,21-22H,13-20,23-24H2;1H. The number of rotatable bonds is 6. The molecule has 5 aromatic rings. The van der Waals surface area contributed by atoms with E-state index in [2.05, 4.69) is 56.0 Å². The van der Waals surface area contributed by atoms with Crippen molar-refractivity contribution in [2.24, 2.45) is 0 Å². The minimum atomic E-state index is -0.204. The van der Waals surface area contributed by atoms with Crippen molar-refractivity contribution in [2.75, 3.05) is 62.2 Å². The molecular weight excluding hydrogens is 566 g/mol. The lowest BCUT2D eigenvalue weighted by Crippen LogP contribution is -2.47. The normalized spacial score (nSPS) is 16.5. The lowest BCUT2D eigenvalue weighted by molar-refractivity contribution is 0.233. The Morgan fingerprint density at radius 3 is 1.26 bits per heavy atom. The minimum Gasteiger partial charge on any atom is -0.369 e. The summed E-state index contributed by atoms with van der Waals surface area (Å²) in [5.41, 5.74) is 6.06. The van der Waals surface area contributed by atoms with Crippen LogP contribution in [0.4, 0.5) is 20.2 Å². The Balaban J connectivity index is 0.00000329. The molecule has 3 heterocycles. The molecule has 0 radical (unpaired) electrons. The van der Waals surface area contributed by atoms with Gasteiger partial charge in [0.1, 0.15) is 11.6 Å². The van der Waals surface area contributed by atoms with E-state index in [0.717, 1.165) is 99.2 Å². The number of piperazine rings is 2. The molecule has 7 rings (SSSR count). The largest absolute Gasteiger partial charge is 0.369 e. The van der Waals surface area contributed by atoms with Gasteiger partial charge in [-0.15, -0.1) is 12.4 Å². The van der Waals surface area contributed by atoms with Crippen molar-refractivity contribution in [1.29, 1.82) is 0 Å². The SMILES string of the molecule is Cl.Fc1ccc(N2CCN(Cc3nc4cc5ccccc5cc4nc3CN3CCN(c4ccc(F)cc4)CC3)CC2)cc1. The van der Waals surface area contributed by atoms with Crippen LogP contribution in [0.25, 0.3) is 21.8 Å². The summed E-state index contributed by atoms with van der Waals surface area (Å²) in [5, 5.41) is 2.34. The van der Waals surface area contributed by atoms with Crippen LogP contribution in [0.3, 0.4) is 0 Å². The zero-order valence-electron chi connectivity index (χ0n) is 24.0. The zero-order chi connectivity index (χ0) is 28.5. The van der Waals surface area contributed by atoms with Crippen LogP contribution in [0.1, 0.15) is 11.4 Å². The van der Waals surface area contributed by atoms with Crippen LogP contribution in [0.15, 0.2) is 84.9 Å². The Kier molecular flexibility index (Phi) is 8.70. The predicted octanol–water partition coefficient (Wildman–Crippen LogP) is 6.13. The second kappa shape index (κ2) is 12.8. The Morgan fingerprint density at radius 2 is 0.884 bits per heavy atom. The highest BCUT2D eigenvalue weighted by molar-refractivity contribution is 5.94. The summed E-state index contributed by atoms with van der Waals surface area (Å²) in [4.78, 5) is 20.0. The predicted molar refractivity (Wildman–Crippen MR) is 172 cm³/mol. The van der Waals surface area contributed by atoms with Gasteiger partial charge in [0.25, 0.3) is 0 Å². The number of nitrogens with zero attached hydrogens (tertiary/aromatic N) is 6. The quantitative estimate of drug-likeness (QED) is 0.219. The first kappa shape index (κ1) is 29.2. The van der Waals surface area contributed by atoms with E-state index in [1.54, 1.807) is 0 Å². The number of hydrogen-bond acceptors (Lipinski definition) is 6. The summed E-state index contributed by atoms with van der Waals surface area (Å²) in [5.74, 6) is -0.408. The maximum Gasteiger partial charge on any atom is 0.123 e. The van der Waals surface area contributed by atoms with E-state index in [0.29, 0.717) is 0 Å². The van der Waals surface area contributed by atoms with Crippen LogP contribution in [0, 0.1) is 11.6 Å². The zero-order valence-corrected chi connectivity index (χ0v) is 24.8. The fourth-order valence-corrected chi connectivity index (χ4v) is 6.12. The van der Waals surface area contributed by atoms with Crippen molar-refractivity contribution in [3.8, 4) is 0 Å². The van der Waals surface area contributed by atoms with Crippen LogP contribution in [-0.2, 0) is 13.1 Å². The highest BCUT2D eigenvalue weighted by Crippen LogP contribution is 2.25. The molecule has 0 spiro atoms. The molecule has 9 heteroatoms. The molecule has 2 aliphatic rings. The van der Waals surface area contributed by atoms with Crippen LogP contribution in [-0.4, -0.2) is 72.1 Å². The molecule has 2 aliphatic heterocycles. The molecule has 0 saturated carbocycles. The molecule has 43 heavy (non-hydrogen) atoms. The maximum atomic E-state index is 13.4. The first-order valence-corrected chi connectivity index (χ1v) is 14.7.